The second-order valence-corrected chi connectivity index (χ2v) is 5.19. The standard InChI is InChI=1S/C14H14N6O3/c1-7-16-8-3-2-4-9(18-19-15)12(8)14(23)20(7)10-5-6-11(21)17-13(10)22/h2-4,10H,5-6H2,1H3,(H2,15,18)(H,17,21,22). The van der Waals surface area contributed by atoms with Crippen molar-refractivity contribution in [3.05, 3.63) is 34.4 Å². The van der Waals surface area contributed by atoms with Crippen molar-refractivity contribution in [2.75, 3.05) is 0 Å². The molecule has 1 unspecified atom stereocenters. The Labute approximate surface area is 130 Å². The highest BCUT2D eigenvalue weighted by Gasteiger charge is 2.30. The average Bonchev–Trinajstić information content (AvgIpc) is 2.49. The lowest BCUT2D eigenvalue weighted by Gasteiger charge is -2.24. The number of nitrogens with zero attached hydrogens (tertiary/aromatic N) is 4. The zero-order valence-corrected chi connectivity index (χ0v) is 12.3. The molecule has 2 heterocycles. The van der Waals surface area contributed by atoms with Crippen LogP contribution in [-0.4, -0.2) is 21.4 Å². The molecule has 1 aromatic carbocycles. The monoisotopic (exact) mass is 314 g/mol. The Bertz CT molecular complexity index is 901. The van der Waals surface area contributed by atoms with E-state index in [1.807, 2.05) is 0 Å². The quantitative estimate of drug-likeness (QED) is 0.363. The molecule has 1 aromatic heterocycles. The highest BCUT2D eigenvalue weighted by Crippen LogP contribution is 2.24. The Morgan fingerprint density at radius 1 is 1.35 bits per heavy atom. The van der Waals surface area contributed by atoms with Crippen LogP contribution < -0.4 is 16.7 Å². The van der Waals surface area contributed by atoms with Crippen LogP contribution in [0.3, 0.4) is 0 Å². The lowest BCUT2D eigenvalue weighted by atomic mass is 10.1. The molecule has 0 bridgehead atoms. The van der Waals surface area contributed by atoms with Crippen molar-refractivity contribution in [3.63, 3.8) is 0 Å². The van der Waals surface area contributed by atoms with Crippen LogP contribution in [0.25, 0.3) is 10.9 Å². The summed E-state index contributed by atoms with van der Waals surface area (Å²) in [6, 6.07) is 4.18. The summed E-state index contributed by atoms with van der Waals surface area (Å²) in [4.78, 5) is 40.6. The van der Waals surface area contributed by atoms with Crippen LogP contribution in [0, 0.1) is 6.92 Å². The number of aromatic nitrogens is 2. The van der Waals surface area contributed by atoms with Gasteiger partial charge in [-0.2, -0.15) is 0 Å². The summed E-state index contributed by atoms with van der Waals surface area (Å²) in [6.45, 7) is 1.64. The van der Waals surface area contributed by atoms with Crippen LogP contribution in [-0.2, 0) is 9.59 Å². The molecule has 1 saturated heterocycles. The van der Waals surface area contributed by atoms with Gasteiger partial charge in [0.15, 0.2) is 0 Å². The Morgan fingerprint density at radius 3 is 2.83 bits per heavy atom. The first-order valence-corrected chi connectivity index (χ1v) is 6.99. The first-order chi connectivity index (χ1) is 11.0. The molecule has 1 atom stereocenters. The second kappa shape index (κ2) is 5.59. The van der Waals surface area contributed by atoms with Gasteiger partial charge < -0.3 is 5.84 Å². The topological polar surface area (TPSA) is 132 Å². The minimum atomic E-state index is -0.778. The summed E-state index contributed by atoms with van der Waals surface area (Å²) in [5, 5.41) is 9.43. The summed E-state index contributed by atoms with van der Waals surface area (Å²) in [5.41, 5.74) is 0.314. The van der Waals surface area contributed by atoms with E-state index in [-0.39, 0.29) is 29.8 Å². The van der Waals surface area contributed by atoms with Crippen molar-refractivity contribution in [3.8, 4) is 0 Å². The van der Waals surface area contributed by atoms with Crippen molar-refractivity contribution in [2.24, 2.45) is 16.2 Å². The number of fused-ring (bicyclic) bond motifs is 1. The molecule has 2 aromatic rings. The number of aryl methyl sites for hydroxylation is 1. The summed E-state index contributed by atoms with van der Waals surface area (Å²) < 4.78 is 1.29. The van der Waals surface area contributed by atoms with Crippen LogP contribution >= 0.6 is 0 Å². The van der Waals surface area contributed by atoms with Crippen LogP contribution in [0.5, 0.6) is 0 Å². The van der Waals surface area contributed by atoms with E-state index in [0.717, 1.165) is 0 Å². The van der Waals surface area contributed by atoms with Gasteiger partial charge in [0.2, 0.25) is 11.8 Å². The molecule has 118 valence electrons. The first kappa shape index (κ1) is 14.8. The van der Waals surface area contributed by atoms with Crippen LogP contribution in [0.2, 0.25) is 0 Å². The van der Waals surface area contributed by atoms with E-state index in [2.05, 4.69) is 20.6 Å². The predicted octanol–water partition coefficient (Wildman–Crippen LogP) is 0.640. The van der Waals surface area contributed by atoms with Crippen LogP contribution in [0.1, 0.15) is 24.7 Å². The van der Waals surface area contributed by atoms with Gasteiger partial charge in [0.25, 0.3) is 5.56 Å². The predicted molar refractivity (Wildman–Crippen MR) is 80.9 cm³/mol. The van der Waals surface area contributed by atoms with Gasteiger partial charge in [-0.25, -0.2) is 4.98 Å². The zero-order chi connectivity index (χ0) is 16.6. The van der Waals surface area contributed by atoms with Crippen LogP contribution in [0.4, 0.5) is 5.69 Å². The lowest BCUT2D eigenvalue weighted by Crippen LogP contribution is -2.45. The number of carbonyl (C=O) groups is 2. The maximum atomic E-state index is 12.9. The maximum Gasteiger partial charge on any atom is 0.264 e. The van der Waals surface area contributed by atoms with Gasteiger partial charge in [-0.1, -0.05) is 11.3 Å². The number of amides is 2. The highest BCUT2D eigenvalue weighted by molar-refractivity contribution is 5.99. The second-order valence-electron chi connectivity index (χ2n) is 5.19. The Kier molecular flexibility index (Phi) is 3.61. The van der Waals surface area contributed by atoms with Gasteiger partial charge in [-0.15, -0.1) is 5.11 Å². The summed E-state index contributed by atoms with van der Waals surface area (Å²) in [6.07, 6.45) is 0.420. The van der Waals surface area contributed by atoms with E-state index in [4.69, 9.17) is 5.84 Å². The van der Waals surface area contributed by atoms with Crippen molar-refractivity contribution < 1.29 is 9.59 Å². The fourth-order valence-corrected chi connectivity index (χ4v) is 2.78. The number of hydrogen-bond donors (Lipinski definition) is 2. The number of rotatable bonds is 2. The molecule has 1 aliphatic heterocycles. The summed E-state index contributed by atoms with van der Waals surface area (Å²) >= 11 is 0. The minimum Gasteiger partial charge on any atom is -0.305 e. The number of nitrogens with two attached hydrogens (primary N) is 1. The van der Waals surface area contributed by atoms with Crippen molar-refractivity contribution in [1.29, 1.82) is 0 Å². The van der Waals surface area contributed by atoms with Crippen LogP contribution in [0.15, 0.2) is 33.3 Å². The smallest absolute Gasteiger partial charge is 0.264 e. The third kappa shape index (κ3) is 2.45. The van der Waals surface area contributed by atoms with Gasteiger partial charge in [-0.05, 0) is 25.5 Å². The fraction of sp³-hybridized carbons (Fsp3) is 0.286. The van der Waals surface area contributed by atoms with E-state index in [1.165, 1.54) is 4.57 Å². The molecule has 0 radical (unpaired) electrons. The first-order valence-electron chi connectivity index (χ1n) is 6.99. The summed E-state index contributed by atoms with van der Waals surface area (Å²) in [7, 11) is 0. The molecule has 3 N–H and O–H groups in total. The molecule has 1 aliphatic rings. The molecule has 1 fully saturated rings. The normalized spacial score (nSPS) is 18.6. The molecule has 3 rings (SSSR count). The zero-order valence-electron chi connectivity index (χ0n) is 12.3. The van der Waals surface area contributed by atoms with E-state index in [1.54, 1.807) is 25.1 Å². The van der Waals surface area contributed by atoms with E-state index in [0.29, 0.717) is 11.3 Å². The van der Waals surface area contributed by atoms with Gasteiger partial charge >= 0.3 is 0 Å². The van der Waals surface area contributed by atoms with Crippen molar-refractivity contribution in [1.82, 2.24) is 14.9 Å². The van der Waals surface area contributed by atoms with Gasteiger partial charge in [0, 0.05) is 6.42 Å². The molecular weight excluding hydrogens is 300 g/mol. The lowest BCUT2D eigenvalue weighted by molar-refractivity contribution is -0.135. The Morgan fingerprint density at radius 2 is 2.13 bits per heavy atom. The maximum absolute atomic E-state index is 12.9. The molecular formula is C14H14N6O3. The summed E-state index contributed by atoms with van der Waals surface area (Å²) in [5.74, 6) is 4.61. The molecule has 0 aliphatic carbocycles. The fourth-order valence-electron chi connectivity index (χ4n) is 2.78. The minimum absolute atomic E-state index is 0.171. The Hall–Kier alpha value is -3.10. The largest absolute Gasteiger partial charge is 0.305 e. The van der Waals surface area contributed by atoms with E-state index >= 15 is 0 Å². The average molecular weight is 314 g/mol. The van der Waals surface area contributed by atoms with E-state index in [9.17, 15) is 14.4 Å². The molecule has 9 nitrogen and oxygen atoms in total. The highest BCUT2D eigenvalue weighted by atomic mass is 16.2. The Balaban J connectivity index is 2.26. The van der Waals surface area contributed by atoms with Gasteiger partial charge in [0.1, 0.15) is 17.6 Å². The third-order valence-electron chi connectivity index (χ3n) is 3.77. The molecule has 9 heteroatoms. The molecule has 23 heavy (non-hydrogen) atoms. The van der Waals surface area contributed by atoms with Crippen molar-refractivity contribution >= 4 is 28.4 Å². The number of nitrogens with one attached hydrogen (secondary N) is 1. The number of imide groups is 1. The van der Waals surface area contributed by atoms with Gasteiger partial charge in [-0.3, -0.25) is 24.3 Å². The molecule has 0 saturated carbocycles. The number of hydrogen-bond acceptors (Lipinski definition) is 6. The number of piperidine rings is 1. The van der Waals surface area contributed by atoms with E-state index < -0.39 is 17.5 Å². The molecule has 0 spiro atoms. The third-order valence-corrected chi connectivity index (χ3v) is 3.77. The molecule has 2 amide bonds. The van der Waals surface area contributed by atoms with Crippen molar-refractivity contribution in [2.45, 2.75) is 25.8 Å². The number of benzene rings is 1. The van der Waals surface area contributed by atoms with Gasteiger partial charge in [0.05, 0.1) is 10.9 Å². The number of carbonyl (C=O) groups excluding carboxylic acids is 2. The SMILES string of the molecule is Cc1nc2cccc(N=NN)c2c(=O)n1C1CCC(=O)NC1=O.